The van der Waals surface area contributed by atoms with Crippen molar-refractivity contribution < 1.29 is 4.74 Å². The van der Waals surface area contributed by atoms with Crippen LogP contribution in [0.2, 0.25) is 0 Å². The summed E-state index contributed by atoms with van der Waals surface area (Å²) in [5.74, 6) is 1.87. The molecule has 28 heavy (non-hydrogen) atoms. The number of aromatic nitrogens is 4. The first-order chi connectivity index (χ1) is 13.3. The third kappa shape index (κ3) is 3.65. The average molecular weight is 378 g/mol. The van der Waals surface area contributed by atoms with E-state index in [-0.39, 0.29) is 17.5 Å². The molecule has 2 aromatic heterocycles. The van der Waals surface area contributed by atoms with Gasteiger partial charge < -0.3 is 15.8 Å². The summed E-state index contributed by atoms with van der Waals surface area (Å²) < 4.78 is 7.82. The van der Waals surface area contributed by atoms with Crippen LogP contribution in [0.1, 0.15) is 32.0 Å². The number of fused-ring (bicyclic) bond motifs is 1. The molecule has 0 saturated heterocycles. The van der Waals surface area contributed by atoms with Gasteiger partial charge in [-0.25, -0.2) is 4.98 Å². The van der Waals surface area contributed by atoms with Crippen molar-refractivity contribution in [3.05, 3.63) is 47.7 Å². The van der Waals surface area contributed by atoms with E-state index in [9.17, 15) is 0 Å². The maximum atomic E-state index is 5.98. The normalized spacial score (nSPS) is 15.9. The van der Waals surface area contributed by atoms with E-state index in [2.05, 4.69) is 53.3 Å². The monoisotopic (exact) mass is 378 g/mol. The molecule has 0 aliphatic carbocycles. The highest BCUT2D eigenvalue weighted by atomic mass is 16.5. The Labute approximate surface area is 165 Å². The third-order valence-electron chi connectivity index (χ3n) is 4.88. The lowest BCUT2D eigenvalue weighted by atomic mass is 9.92. The molecule has 1 aliphatic rings. The number of hydrogen-bond donors (Lipinski definition) is 2. The largest absolute Gasteiger partial charge is 0.488 e. The topological polar surface area (TPSA) is 90.9 Å². The molecule has 0 spiro atoms. The Morgan fingerprint density at radius 1 is 1.21 bits per heavy atom. The molecule has 3 heterocycles. The van der Waals surface area contributed by atoms with Crippen molar-refractivity contribution in [1.82, 2.24) is 19.7 Å². The highest BCUT2D eigenvalue weighted by Gasteiger charge is 2.23. The molecule has 0 bridgehead atoms. The first-order valence-corrected chi connectivity index (χ1v) is 9.47. The molecule has 0 saturated carbocycles. The van der Waals surface area contributed by atoms with Crippen molar-refractivity contribution in [3.8, 4) is 17.1 Å². The van der Waals surface area contributed by atoms with Crippen molar-refractivity contribution in [3.63, 3.8) is 0 Å². The number of para-hydroxylation sites is 1. The van der Waals surface area contributed by atoms with Gasteiger partial charge in [-0.3, -0.25) is 4.68 Å². The van der Waals surface area contributed by atoms with Crippen molar-refractivity contribution >= 4 is 11.8 Å². The summed E-state index contributed by atoms with van der Waals surface area (Å²) in [7, 11) is 1.92. The molecule has 0 unspecified atom stereocenters. The third-order valence-corrected chi connectivity index (χ3v) is 4.88. The van der Waals surface area contributed by atoms with Gasteiger partial charge in [0.1, 0.15) is 17.7 Å². The summed E-state index contributed by atoms with van der Waals surface area (Å²) in [5, 5.41) is 7.97. The fourth-order valence-electron chi connectivity index (χ4n) is 3.35. The van der Waals surface area contributed by atoms with Gasteiger partial charge in [0.05, 0.1) is 23.6 Å². The number of nitrogens with zero attached hydrogens (tertiary/aromatic N) is 4. The van der Waals surface area contributed by atoms with Gasteiger partial charge in [-0.15, -0.1) is 0 Å². The van der Waals surface area contributed by atoms with E-state index in [1.165, 1.54) is 5.56 Å². The van der Waals surface area contributed by atoms with Gasteiger partial charge in [-0.05, 0) is 17.7 Å². The average Bonchev–Trinajstić information content (AvgIpc) is 3.22. The Hall–Kier alpha value is -3.09. The highest BCUT2D eigenvalue weighted by molar-refractivity contribution is 5.61. The zero-order valence-corrected chi connectivity index (χ0v) is 16.7. The Morgan fingerprint density at radius 2 is 2.00 bits per heavy atom. The molecule has 3 N–H and O–H groups in total. The molecule has 1 aromatic carbocycles. The SMILES string of the molecule is Cn1nc(C(C)(C)C)cc1-c1cc(NC[C@H]2Cc3ccccc3O2)nc(N)n1. The van der Waals surface area contributed by atoms with Crippen molar-refractivity contribution in [2.45, 2.75) is 38.7 Å². The summed E-state index contributed by atoms with van der Waals surface area (Å²) >= 11 is 0. The van der Waals surface area contributed by atoms with E-state index in [0.29, 0.717) is 12.4 Å². The van der Waals surface area contributed by atoms with Crippen LogP contribution >= 0.6 is 0 Å². The minimum absolute atomic E-state index is 0.0372. The minimum Gasteiger partial charge on any atom is -0.488 e. The Kier molecular flexibility index (Phi) is 4.45. The molecule has 0 fully saturated rings. The van der Waals surface area contributed by atoms with Gasteiger partial charge in [0.15, 0.2) is 0 Å². The van der Waals surface area contributed by atoms with Crippen LogP contribution < -0.4 is 15.8 Å². The minimum atomic E-state index is -0.0372. The molecule has 1 aliphatic heterocycles. The zero-order chi connectivity index (χ0) is 19.9. The lowest BCUT2D eigenvalue weighted by Crippen LogP contribution is -2.24. The van der Waals surface area contributed by atoms with Crippen LogP contribution in [-0.4, -0.2) is 32.4 Å². The lowest BCUT2D eigenvalue weighted by Gasteiger charge is -2.14. The highest BCUT2D eigenvalue weighted by Crippen LogP contribution is 2.29. The smallest absolute Gasteiger partial charge is 0.222 e. The van der Waals surface area contributed by atoms with Crippen LogP contribution in [0.4, 0.5) is 11.8 Å². The van der Waals surface area contributed by atoms with Crippen molar-refractivity contribution in [1.29, 1.82) is 0 Å². The predicted molar refractivity (Wildman–Crippen MR) is 110 cm³/mol. The summed E-state index contributed by atoms with van der Waals surface area (Å²) in [4.78, 5) is 8.73. The second-order valence-electron chi connectivity index (χ2n) is 8.22. The molecular weight excluding hydrogens is 352 g/mol. The van der Waals surface area contributed by atoms with Crippen molar-refractivity contribution in [2.24, 2.45) is 7.05 Å². The molecule has 146 valence electrons. The fourth-order valence-corrected chi connectivity index (χ4v) is 3.35. The lowest BCUT2D eigenvalue weighted by molar-refractivity contribution is 0.246. The molecule has 7 heteroatoms. The molecule has 0 amide bonds. The number of ether oxygens (including phenoxy) is 1. The fraction of sp³-hybridized carbons (Fsp3) is 0.381. The zero-order valence-electron chi connectivity index (χ0n) is 16.7. The summed E-state index contributed by atoms with van der Waals surface area (Å²) in [6.45, 7) is 7.06. The number of nitrogens with one attached hydrogen (secondary N) is 1. The Balaban J connectivity index is 1.51. The number of aryl methyl sites for hydroxylation is 1. The molecular formula is C21H26N6O. The van der Waals surface area contributed by atoms with E-state index in [0.717, 1.165) is 29.3 Å². The molecule has 0 radical (unpaired) electrons. The van der Waals surface area contributed by atoms with Crippen LogP contribution in [0.3, 0.4) is 0 Å². The molecule has 7 nitrogen and oxygen atoms in total. The molecule has 4 rings (SSSR count). The van der Waals surface area contributed by atoms with Gasteiger partial charge in [-0.1, -0.05) is 39.0 Å². The number of nitrogens with two attached hydrogens (primary N) is 1. The summed E-state index contributed by atoms with van der Waals surface area (Å²) in [6, 6.07) is 12.1. The summed E-state index contributed by atoms with van der Waals surface area (Å²) in [5.41, 5.74) is 9.83. The van der Waals surface area contributed by atoms with Crippen molar-refractivity contribution in [2.75, 3.05) is 17.6 Å². The maximum Gasteiger partial charge on any atom is 0.222 e. The van der Waals surface area contributed by atoms with E-state index in [1.54, 1.807) is 0 Å². The number of nitrogen functional groups attached to an aromatic ring is 1. The van der Waals surface area contributed by atoms with Gasteiger partial charge in [0, 0.05) is 24.9 Å². The van der Waals surface area contributed by atoms with Crippen LogP contribution in [0.5, 0.6) is 5.75 Å². The predicted octanol–water partition coefficient (Wildman–Crippen LogP) is 3.17. The van der Waals surface area contributed by atoms with Crippen LogP contribution in [0.15, 0.2) is 36.4 Å². The number of anilines is 2. The van der Waals surface area contributed by atoms with Crippen LogP contribution in [0, 0.1) is 0 Å². The van der Waals surface area contributed by atoms with Gasteiger partial charge in [0.2, 0.25) is 5.95 Å². The van der Waals surface area contributed by atoms with E-state index < -0.39 is 0 Å². The standard InChI is InChI=1S/C21H26N6O/c1-21(2,3)18-11-16(27(4)26-18)15-10-19(25-20(22)24-15)23-12-14-9-13-7-5-6-8-17(13)28-14/h5-8,10-11,14H,9,12H2,1-4H3,(H3,22,23,24,25)/t14-/m1/s1. The summed E-state index contributed by atoms with van der Waals surface area (Å²) in [6.07, 6.45) is 0.953. The Morgan fingerprint density at radius 3 is 2.71 bits per heavy atom. The number of rotatable bonds is 4. The second-order valence-corrected chi connectivity index (χ2v) is 8.22. The van der Waals surface area contributed by atoms with Crippen LogP contribution in [-0.2, 0) is 18.9 Å². The van der Waals surface area contributed by atoms with E-state index in [4.69, 9.17) is 10.5 Å². The second kappa shape index (κ2) is 6.82. The molecule has 3 aromatic rings. The maximum absolute atomic E-state index is 5.98. The van der Waals surface area contributed by atoms with Gasteiger partial charge in [-0.2, -0.15) is 10.1 Å². The number of benzene rings is 1. The quantitative estimate of drug-likeness (QED) is 0.725. The first-order valence-electron chi connectivity index (χ1n) is 9.47. The Bertz CT molecular complexity index is 979. The first kappa shape index (κ1) is 18.3. The molecule has 1 atom stereocenters. The van der Waals surface area contributed by atoms with Gasteiger partial charge in [0.25, 0.3) is 0 Å². The van der Waals surface area contributed by atoms with Gasteiger partial charge >= 0.3 is 0 Å². The van der Waals surface area contributed by atoms with E-state index >= 15 is 0 Å². The number of hydrogen-bond acceptors (Lipinski definition) is 6. The van der Waals surface area contributed by atoms with E-state index in [1.807, 2.05) is 36.0 Å². The van der Waals surface area contributed by atoms with Crippen LogP contribution in [0.25, 0.3) is 11.4 Å².